The van der Waals surface area contributed by atoms with E-state index in [0.29, 0.717) is 10.7 Å². The summed E-state index contributed by atoms with van der Waals surface area (Å²) in [4.78, 5) is 23.9. The molecule has 3 rings (SSSR count). The zero-order valence-electron chi connectivity index (χ0n) is 14.0. The van der Waals surface area contributed by atoms with Crippen LogP contribution in [0.15, 0.2) is 42.5 Å². The summed E-state index contributed by atoms with van der Waals surface area (Å²) in [6, 6.07) is 7.07. The van der Waals surface area contributed by atoms with Crippen LogP contribution in [-0.4, -0.2) is 22.1 Å². The molecular weight excluding hydrogens is 395 g/mol. The number of aromatic nitrogens is 2. The van der Waals surface area contributed by atoms with Crippen LogP contribution in [-0.2, 0) is 6.54 Å². The molecule has 0 fully saturated rings. The molecule has 3 amide bonds. The molecule has 3 aromatic rings. The van der Waals surface area contributed by atoms with Gasteiger partial charge in [-0.05, 0) is 36.4 Å². The molecule has 7 nitrogen and oxygen atoms in total. The minimum absolute atomic E-state index is 0.0395. The normalized spacial score (nSPS) is 10.4. The highest BCUT2D eigenvalue weighted by molar-refractivity contribution is 7.13. The number of anilines is 2. The Hall–Kier alpha value is -3.47. The first-order valence-electron chi connectivity index (χ1n) is 7.80. The summed E-state index contributed by atoms with van der Waals surface area (Å²) in [5, 5.41) is 15.0. The van der Waals surface area contributed by atoms with Gasteiger partial charge in [-0.1, -0.05) is 11.3 Å². The number of nitrogens with zero attached hydrogens (tertiary/aromatic N) is 2. The van der Waals surface area contributed by atoms with E-state index < -0.39 is 29.4 Å². The molecule has 3 N–H and O–H groups in total. The van der Waals surface area contributed by atoms with Gasteiger partial charge in [0.25, 0.3) is 5.91 Å². The first kappa shape index (κ1) is 19.3. The minimum atomic E-state index is -0.785. The van der Waals surface area contributed by atoms with E-state index in [2.05, 4.69) is 26.1 Å². The monoisotopic (exact) mass is 407 g/mol. The van der Waals surface area contributed by atoms with Gasteiger partial charge in [-0.3, -0.25) is 4.79 Å². The van der Waals surface area contributed by atoms with Crippen molar-refractivity contribution in [3.05, 3.63) is 69.9 Å². The standard InChI is InChI=1S/C17H12F3N5O2S/c18-9-1-4-11(5-2-9)22-15(26)16-25-24-14(28-16)8-21-17(27)23-13-7-10(19)3-6-12(13)20/h1-7H,8H2,(H,22,26)(H2,21,23,27). The molecule has 0 atom stereocenters. The molecule has 0 spiro atoms. The van der Waals surface area contributed by atoms with E-state index in [4.69, 9.17) is 0 Å². The van der Waals surface area contributed by atoms with Crippen LogP contribution in [0.1, 0.15) is 14.8 Å². The van der Waals surface area contributed by atoms with E-state index in [1.54, 1.807) is 0 Å². The molecule has 2 aromatic carbocycles. The highest BCUT2D eigenvalue weighted by Gasteiger charge is 2.14. The Morgan fingerprint density at radius 1 is 0.929 bits per heavy atom. The topological polar surface area (TPSA) is 96.0 Å². The maximum Gasteiger partial charge on any atom is 0.319 e. The number of urea groups is 1. The van der Waals surface area contributed by atoms with Crippen molar-refractivity contribution < 1.29 is 22.8 Å². The fourth-order valence-corrected chi connectivity index (χ4v) is 2.72. The third-order valence-corrected chi connectivity index (χ3v) is 4.26. The van der Waals surface area contributed by atoms with Gasteiger partial charge in [0.1, 0.15) is 22.5 Å². The molecule has 0 bridgehead atoms. The fraction of sp³-hybridized carbons (Fsp3) is 0.0588. The number of benzene rings is 2. The third-order valence-electron chi connectivity index (χ3n) is 3.34. The van der Waals surface area contributed by atoms with Crippen LogP contribution in [0.2, 0.25) is 0 Å². The Kier molecular flexibility index (Phi) is 5.84. The zero-order chi connectivity index (χ0) is 20.1. The molecule has 0 radical (unpaired) electrons. The van der Waals surface area contributed by atoms with Gasteiger partial charge >= 0.3 is 6.03 Å². The maximum atomic E-state index is 13.5. The van der Waals surface area contributed by atoms with Gasteiger partial charge in [-0.25, -0.2) is 18.0 Å². The lowest BCUT2D eigenvalue weighted by molar-refractivity contribution is 0.102. The highest BCUT2D eigenvalue weighted by atomic mass is 32.1. The van der Waals surface area contributed by atoms with Crippen molar-refractivity contribution >= 4 is 34.6 Å². The summed E-state index contributed by atoms with van der Waals surface area (Å²) >= 11 is 0.932. The van der Waals surface area contributed by atoms with Crippen molar-refractivity contribution in [1.82, 2.24) is 15.5 Å². The van der Waals surface area contributed by atoms with Gasteiger partial charge in [0, 0.05) is 11.8 Å². The quantitative estimate of drug-likeness (QED) is 0.603. The summed E-state index contributed by atoms with van der Waals surface area (Å²) < 4.78 is 39.5. The van der Waals surface area contributed by atoms with E-state index in [1.807, 2.05) is 0 Å². The van der Waals surface area contributed by atoms with E-state index in [-0.39, 0.29) is 17.2 Å². The SMILES string of the molecule is O=C(NCc1nnc(C(=O)Nc2ccc(F)cc2)s1)Nc1cc(F)ccc1F. The first-order chi connectivity index (χ1) is 13.4. The second kappa shape index (κ2) is 8.48. The molecule has 0 aliphatic carbocycles. The van der Waals surface area contributed by atoms with Crippen molar-refractivity contribution in [1.29, 1.82) is 0 Å². The number of nitrogens with one attached hydrogen (secondary N) is 3. The van der Waals surface area contributed by atoms with Crippen LogP contribution in [0.5, 0.6) is 0 Å². The molecule has 0 unspecified atom stereocenters. The Bertz CT molecular complexity index is 1010. The molecule has 11 heteroatoms. The van der Waals surface area contributed by atoms with Crippen LogP contribution in [0, 0.1) is 17.5 Å². The predicted molar refractivity (Wildman–Crippen MR) is 96.5 cm³/mol. The van der Waals surface area contributed by atoms with Crippen molar-refractivity contribution in [3.63, 3.8) is 0 Å². The number of amides is 3. The summed E-state index contributed by atoms with van der Waals surface area (Å²) in [5.41, 5.74) is 0.0758. The summed E-state index contributed by atoms with van der Waals surface area (Å²) in [5.74, 6) is -2.45. The lowest BCUT2D eigenvalue weighted by Gasteiger charge is -2.07. The van der Waals surface area contributed by atoms with Gasteiger partial charge in [0.2, 0.25) is 5.01 Å². The second-order valence-corrected chi connectivity index (χ2v) is 6.46. The zero-order valence-corrected chi connectivity index (χ0v) is 14.8. The predicted octanol–water partition coefficient (Wildman–Crippen LogP) is 3.53. The largest absolute Gasteiger partial charge is 0.331 e. The second-order valence-electron chi connectivity index (χ2n) is 5.39. The van der Waals surface area contributed by atoms with Crippen LogP contribution in [0.3, 0.4) is 0 Å². The van der Waals surface area contributed by atoms with Crippen molar-refractivity contribution in [3.8, 4) is 0 Å². The average molecular weight is 407 g/mol. The fourth-order valence-electron chi connectivity index (χ4n) is 2.05. The molecule has 144 valence electrons. The number of hydrogen-bond acceptors (Lipinski definition) is 5. The maximum absolute atomic E-state index is 13.5. The van der Waals surface area contributed by atoms with Gasteiger partial charge in [0.15, 0.2) is 0 Å². The Balaban J connectivity index is 1.54. The highest BCUT2D eigenvalue weighted by Crippen LogP contribution is 2.16. The number of carbonyl (C=O) groups excluding carboxylic acids is 2. The summed E-state index contributed by atoms with van der Waals surface area (Å²) in [6.45, 7) is -0.0791. The van der Waals surface area contributed by atoms with Gasteiger partial charge in [-0.2, -0.15) is 0 Å². The van der Waals surface area contributed by atoms with E-state index in [1.165, 1.54) is 24.3 Å². The molecule has 0 aliphatic rings. The van der Waals surface area contributed by atoms with E-state index in [9.17, 15) is 22.8 Å². The molecule has 0 saturated heterocycles. The van der Waals surface area contributed by atoms with Crippen LogP contribution in [0.25, 0.3) is 0 Å². The summed E-state index contributed by atoms with van der Waals surface area (Å²) in [6.07, 6.45) is 0. The number of hydrogen-bond donors (Lipinski definition) is 3. The van der Waals surface area contributed by atoms with Crippen molar-refractivity contribution in [2.75, 3.05) is 10.6 Å². The van der Waals surface area contributed by atoms with Crippen molar-refractivity contribution in [2.45, 2.75) is 6.54 Å². The molecule has 28 heavy (non-hydrogen) atoms. The third kappa shape index (κ3) is 5.04. The van der Waals surface area contributed by atoms with Crippen LogP contribution in [0.4, 0.5) is 29.3 Å². The molecule has 0 aliphatic heterocycles. The van der Waals surface area contributed by atoms with Crippen LogP contribution >= 0.6 is 11.3 Å². The molecule has 1 heterocycles. The summed E-state index contributed by atoms with van der Waals surface area (Å²) in [7, 11) is 0. The van der Waals surface area contributed by atoms with E-state index >= 15 is 0 Å². The van der Waals surface area contributed by atoms with Gasteiger partial charge in [-0.15, -0.1) is 10.2 Å². The lowest BCUT2D eigenvalue weighted by Crippen LogP contribution is -2.28. The van der Waals surface area contributed by atoms with Gasteiger partial charge < -0.3 is 16.0 Å². The Morgan fingerprint density at radius 3 is 2.39 bits per heavy atom. The number of halogens is 3. The average Bonchev–Trinajstić information content (AvgIpc) is 3.14. The lowest BCUT2D eigenvalue weighted by atomic mass is 10.3. The minimum Gasteiger partial charge on any atom is -0.331 e. The molecule has 0 saturated carbocycles. The molecular formula is C17H12F3N5O2S. The van der Waals surface area contributed by atoms with E-state index in [0.717, 1.165) is 29.5 Å². The van der Waals surface area contributed by atoms with Crippen molar-refractivity contribution in [2.24, 2.45) is 0 Å². The van der Waals surface area contributed by atoms with Gasteiger partial charge in [0.05, 0.1) is 12.2 Å². The Labute approximate surface area is 160 Å². The Morgan fingerprint density at radius 2 is 1.64 bits per heavy atom. The number of carbonyl (C=O) groups is 2. The first-order valence-corrected chi connectivity index (χ1v) is 8.61. The smallest absolute Gasteiger partial charge is 0.319 e. The molecule has 1 aromatic heterocycles. The number of rotatable bonds is 5. The van der Waals surface area contributed by atoms with Crippen LogP contribution < -0.4 is 16.0 Å².